The number of esters is 2. The molecule has 0 saturated heterocycles. The van der Waals surface area contributed by atoms with Gasteiger partial charge in [-0.2, -0.15) is 0 Å². The second-order valence-corrected chi connectivity index (χ2v) is 4.09. The summed E-state index contributed by atoms with van der Waals surface area (Å²) in [5.41, 5.74) is 1.58. The average molecular weight is 234 g/mol. The maximum absolute atomic E-state index is 11.3. The predicted molar refractivity (Wildman–Crippen MR) is 60.6 cm³/mol. The van der Waals surface area contributed by atoms with Gasteiger partial charge in [-0.15, -0.1) is 0 Å². The Hall–Kier alpha value is -1.84. The molecule has 4 heteroatoms. The Morgan fingerprint density at radius 3 is 2.29 bits per heavy atom. The van der Waals surface area contributed by atoms with Gasteiger partial charge < -0.3 is 9.47 Å². The molecule has 1 aromatic rings. The van der Waals surface area contributed by atoms with Crippen LogP contribution in [-0.4, -0.2) is 26.2 Å². The molecule has 0 amide bonds. The third-order valence-corrected chi connectivity index (χ3v) is 3.05. The van der Waals surface area contributed by atoms with Crippen molar-refractivity contribution in [2.24, 2.45) is 5.92 Å². The van der Waals surface area contributed by atoms with Crippen molar-refractivity contribution in [3.8, 4) is 0 Å². The van der Waals surface area contributed by atoms with Crippen LogP contribution < -0.4 is 0 Å². The van der Waals surface area contributed by atoms with Crippen molar-refractivity contribution in [1.29, 1.82) is 0 Å². The topological polar surface area (TPSA) is 52.6 Å². The third kappa shape index (κ3) is 2.30. The molecule has 0 radical (unpaired) electrons. The van der Waals surface area contributed by atoms with Crippen LogP contribution in [0.4, 0.5) is 0 Å². The number of ether oxygens (including phenoxy) is 2. The van der Waals surface area contributed by atoms with Crippen LogP contribution in [-0.2, 0) is 14.3 Å². The normalized spacial score (nSPS) is 21.8. The minimum atomic E-state index is -0.350. The van der Waals surface area contributed by atoms with Crippen LogP contribution in [0.25, 0.3) is 0 Å². The van der Waals surface area contributed by atoms with Crippen LogP contribution in [0.5, 0.6) is 0 Å². The number of carbonyl (C=O) groups excluding carboxylic acids is 2. The number of benzene rings is 1. The number of rotatable bonds is 3. The molecule has 1 aromatic carbocycles. The van der Waals surface area contributed by atoms with E-state index < -0.39 is 0 Å². The lowest BCUT2D eigenvalue weighted by Crippen LogP contribution is -2.04. The van der Waals surface area contributed by atoms with Crippen molar-refractivity contribution in [2.45, 2.75) is 12.3 Å². The first-order valence-electron chi connectivity index (χ1n) is 5.43. The van der Waals surface area contributed by atoms with Gasteiger partial charge in [0.2, 0.25) is 0 Å². The van der Waals surface area contributed by atoms with Crippen molar-refractivity contribution >= 4 is 11.9 Å². The van der Waals surface area contributed by atoms with Crippen molar-refractivity contribution in [3.63, 3.8) is 0 Å². The van der Waals surface area contributed by atoms with E-state index in [1.54, 1.807) is 12.1 Å². The summed E-state index contributed by atoms with van der Waals surface area (Å²) in [4.78, 5) is 22.5. The highest BCUT2D eigenvalue weighted by molar-refractivity contribution is 5.89. The molecule has 90 valence electrons. The molecule has 0 aliphatic heterocycles. The number of hydrogen-bond donors (Lipinski definition) is 0. The molecule has 2 rings (SSSR count). The molecule has 2 unspecified atom stereocenters. The van der Waals surface area contributed by atoms with Gasteiger partial charge in [-0.05, 0) is 30.0 Å². The zero-order valence-electron chi connectivity index (χ0n) is 9.80. The Bertz CT molecular complexity index is 435. The van der Waals surface area contributed by atoms with Gasteiger partial charge in [0, 0.05) is 0 Å². The molecule has 1 aliphatic rings. The molecule has 1 aliphatic carbocycles. The molecule has 1 saturated carbocycles. The molecule has 0 N–H and O–H groups in total. The molecule has 0 bridgehead atoms. The standard InChI is InChI=1S/C13H14O4/c1-16-12(14)9-5-3-8(4-6-9)10-7-11(10)13(15)17-2/h3-6,10-11H,7H2,1-2H3. The SMILES string of the molecule is COC(=O)c1ccc(C2CC2C(=O)OC)cc1. The van der Waals surface area contributed by atoms with E-state index in [9.17, 15) is 9.59 Å². The van der Waals surface area contributed by atoms with Crippen molar-refractivity contribution < 1.29 is 19.1 Å². The summed E-state index contributed by atoms with van der Waals surface area (Å²) in [6, 6.07) is 7.15. The summed E-state index contributed by atoms with van der Waals surface area (Å²) in [7, 11) is 2.75. The molecule has 1 fully saturated rings. The second-order valence-electron chi connectivity index (χ2n) is 4.09. The molecule has 0 spiro atoms. The zero-order valence-corrected chi connectivity index (χ0v) is 9.80. The Kier molecular flexibility index (Phi) is 3.13. The monoisotopic (exact) mass is 234 g/mol. The Morgan fingerprint density at radius 2 is 1.76 bits per heavy atom. The zero-order chi connectivity index (χ0) is 12.4. The molecule has 4 nitrogen and oxygen atoms in total. The lowest BCUT2D eigenvalue weighted by molar-refractivity contribution is -0.142. The predicted octanol–water partition coefficient (Wildman–Crippen LogP) is 1.75. The van der Waals surface area contributed by atoms with Gasteiger partial charge in [0.15, 0.2) is 0 Å². The van der Waals surface area contributed by atoms with Gasteiger partial charge in [-0.1, -0.05) is 12.1 Å². The fraction of sp³-hybridized carbons (Fsp3) is 0.385. The maximum Gasteiger partial charge on any atom is 0.337 e. The van der Waals surface area contributed by atoms with Gasteiger partial charge >= 0.3 is 11.9 Å². The average Bonchev–Trinajstić information content (AvgIpc) is 3.17. The summed E-state index contributed by atoms with van der Waals surface area (Å²) < 4.78 is 9.31. The maximum atomic E-state index is 11.3. The van der Waals surface area contributed by atoms with Crippen LogP contribution in [0.3, 0.4) is 0 Å². The smallest absolute Gasteiger partial charge is 0.337 e. The van der Waals surface area contributed by atoms with Gasteiger partial charge in [0.05, 0.1) is 25.7 Å². The van der Waals surface area contributed by atoms with Gasteiger partial charge in [0.25, 0.3) is 0 Å². The second kappa shape index (κ2) is 4.57. The van der Waals surface area contributed by atoms with Crippen LogP contribution in [0.1, 0.15) is 28.3 Å². The largest absolute Gasteiger partial charge is 0.469 e. The highest BCUT2D eigenvalue weighted by atomic mass is 16.5. The van der Waals surface area contributed by atoms with E-state index in [0.717, 1.165) is 12.0 Å². The van der Waals surface area contributed by atoms with E-state index in [-0.39, 0.29) is 23.8 Å². The lowest BCUT2D eigenvalue weighted by atomic mass is 10.1. The van der Waals surface area contributed by atoms with Crippen molar-refractivity contribution in [3.05, 3.63) is 35.4 Å². The number of hydrogen-bond acceptors (Lipinski definition) is 4. The summed E-state index contributed by atoms with van der Waals surface area (Å²) in [5.74, 6) is -0.304. The van der Waals surface area contributed by atoms with E-state index in [4.69, 9.17) is 4.74 Å². The van der Waals surface area contributed by atoms with E-state index in [1.807, 2.05) is 12.1 Å². The van der Waals surface area contributed by atoms with Gasteiger partial charge in [0.1, 0.15) is 0 Å². The van der Waals surface area contributed by atoms with E-state index in [2.05, 4.69) is 4.74 Å². The van der Waals surface area contributed by atoms with Crippen LogP contribution in [0.15, 0.2) is 24.3 Å². The fourth-order valence-corrected chi connectivity index (χ4v) is 1.96. The van der Waals surface area contributed by atoms with E-state index >= 15 is 0 Å². The van der Waals surface area contributed by atoms with Gasteiger partial charge in [-0.25, -0.2) is 4.79 Å². The highest BCUT2D eigenvalue weighted by Gasteiger charge is 2.44. The van der Waals surface area contributed by atoms with Crippen LogP contribution >= 0.6 is 0 Å². The summed E-state index contributed by atoms with van der Waals surface area (Å²) >= 11 is 0. The first-order chi connectivity index (χ1) is 8.17. The molecule has 17 heavy (non-hydrogen) atoms. The third-order valence-electron chi connectivity index (χ3n) is 3.05. The first kappa shape index (κ1) is 11.6. The van der Waals surface area contributed by atoms with Crippen molar-refractivity contribution in [1.82, 2.24) is 0 Å². The van der Waals surface area contributed by atoms with Gasteiger partial charge in [-0.3, -0.25) is 4.79 Å². The number of methoxy groups -OCH3 is 2. The first-order valence-corrected chi connectivity index (χ1v) is 5.43. The molecular weight excluding hydrogens is 220 g/mol. The summed E-state index contributed by atoms with van der Waals surface area (Å²) in [6.07, 6.45) is 0.824. The highest BCUT2D eigenvalue weighted by Crippen LogP contribution is 2.48. The molecular formula is C13H14O4. The quantitative estimate of drug-likeness (QED) is 0.748. The number of carbonyl (C=O) groups is 2. The molecule has 0 aromatic heterocycles. The van der Waals surface area contributed by atoms with Crippen molar-refractivity contribution in [2.75, 3.05) is 14.2 Å². The molecule has 0 heterocycles. The van der Waals surface area contributed by atoms with E-state index in [1.165, 1.54) is 14.2 Å². The van der Waals surface area contributed by atoms with E-state index in [0.29, 0.717) is 5.56 Å². The fourth-order valence-electron chi connectivity index (χ4n) is 1.96. The summed E-state index contributed by atoms with van der Waals surface area (Å²) in [5, 5.41) is 0. The lowest BCUT2D eigenvalue weighted by Gasteiger charge is -2.02. The minimum absolute atomic E-state index is 0.0241. The summed E-state index contributed by atoms with van der Waals surface area (Å²) in [6.45, 7) is 0. The Morgan fingerprint density at radius 1 is 1.12 bits per heavy atom. The van der Waals surface area contributed by atoms with Crippen LogP contribution in [0.2, 0.25) is 0 Å². The van der Waals surface area contributed by atoms with Crippen LogP contribution in [0, 0.1) is 5.92 Å². The Balaban J connectivity index is 2.05. The Labute approximate surface area is 99.5 Å². The molecule has 2 atom stereocenters. The minimum Gasteiger partial charge on any atom is -0.469 e.